The number of hydrogen-bond acceptors (Lipinski definition) is 5. The smallest absolute Gasteiger partial charge is 0.177 e. The van der Waals surface area contributed by atoms with E-state index in [1.54, 1.807) is 0 Å². The quantitative estimate of drug-likeness (QED) is 0.797. The minimum atomic E-state index is -3.47. The first kappa shape index (κ1) is 11.1. The first-order chi connectivity index (χ1) is 7.04. The zero-order chi connectivity index (χ0) is 11.1. The highest BCUT2D eigenvalue weighted by atomic mass is 32.2. The summed E-state index contributed by atoms with van der Waals surface area (Å²) in [6.45, 7) is 0. The highest BCUT2D eigenvalue weighted by molar-refractivity contribution is 7.91. The standard InChI is InChI=1S/C9H12O4S2/c10-5-15(12,13)6-3-8(11)7-1-2-14-9(7)4-6/h1-2,6,8,10-11H,3-5H2. The van der Waals surface area contributed by atoms with Crippen molar-refractivity contribution < 1.29 is 18.6 Å². The normalized spacial score (nSPS) is 26.3. The number of rotatable bonds is 2. The Morgan fingerprint density at radius 2 is 2.27 bits per heavy atom. The van der Waals surface area contributed by atoms with Crippen molar-refractivity contribution in [1.82, 2.24) is 0 Å². The van der Waals surface area contributed by atoms with Gasteiger partial charge in [-0.05, 0) is 29.9 Å². The van der Waals surface area contributed by atoms with Gasteiger partial charge in [-0.1, -0.05) is 0 Å². The number of fused-ring (bicyclic) bond motifs is 1. The van der Waals surface area contributed by atoms with E-state index >= 15 is 0 Å². The first-order valence-electron chi connectivity index (χ1n) is 4.61. The maximum absolute atomic E-state index is 11.5. The zero-order valence-electron chi connectivity index (χ0n) is 7.96. The summed E-state index contributed by atoms with van der Waals surface area (Å²) in [5.74, 6) is -0.842. The lowest BCUT2D eigenvalue weighted by atomic mass is 9.96. The van der Waals surface area contributed by atoms with Gasteiger partial charge in [-0.2, -0.15) is 0 Å². The van der Waals surface area contributed by atoms with Crippen molar-refractivity contribution in [3.63, 3.8) is 0 Å². The summed E-state index contributed by atoms with van der Waals surface area (Å²) in [5, 5.41) is 19.7. The Labute approximate surface area is 92.1 Å². The maximum Gasteiger partial charge on any atom is 0.177 e. The van der Waals surface area contributed by atoms with Gasteiger partial charge in [0.05, 0.1) is 11.4 Å². The van der Waals surface area contributed by atoms with Crippen LogP contribution in [0.25, 0.3) is 0 Å². The molecule has 0 aliphatic heterocycles. The van der Waals surface area contributed by atoms with Crippen molar-refractivity contribution in [3.8, 4) is 0 Å². The Hall–Kier alpha value is -0.430. The molecule has 0 fully saturated rings. The van der Waals surface area contributed by atoms with Gasteiger partial charge >= 0.3 is 0 Å². The molecule has 0 radical (unpaired) electrons. The van der Waals surface area contributed by atoms with E-state index in [0.29, 0.717) is 6.42 Å². The molecule has 2 unspecified atom stereocenters. The number of thiophene rings is 1. The van der Waals surface area contributed by atoms with E-state index in [4.69, 9.17) is 5.11 Å². The monoisotopic (exact) mass is 248 g/mol. The lowest BCUT2D eigenvalue weighted by Crippen LogP contribution is -2.31. The number of sulfone groups is 1. The predicted molar refractivity (Wildman–Crippen MR) is 57.4 cm³/mol. The average molecular weight is 248 g/mol. The van der Waals surface area contributed by atoms with Crippen LogP contribution < -0.4 is 0 Å². The highest BCUT2D eigenvalue weighted by Crippen LogP contribution is 2.35. The van der Waals surface area contributed by atoms with Gasteiger partial charge in [-0.3, -0.25) is 0 Å². The summed E-state index contributed by atoms with van der Waals surface area (Å²) in [6, 6.07) is 1.83. The summed E-state index contributed by atoms with van der Waals surface area (Å²) in [5.41, 5.74) is 0.837. The van der Waals surface area contributed by atoms with Gasteiger partial charge in [0.2, 0.25) is 0 Å². The predicted octanol–water partition coefficient (Wildman–Crippen LogP) is 0.461. The van der Waals surface area contributed by atoms with E-state index in [1.807, 2.05) is 11.4 Å². The number of aliphatic hydroxyl groups is 2. The molecular formula is C9H12O4S2. The molecule has 0 spiro atoms. The van der Waals surface area contributed by atoms with Gasteiger partial charge in [0.25, 0.3) is 0 Å². The average Bonchev–Trinajstić information content (AvgIpc) is 2.66. The third-order valence-electron chi connectivity index (χ3n) is 2.73. The van der Waals surface area contributed by atoms with Crippen LogP contribution in [0.2, 0.25) is 0 Å². The second-order valence-electron chi connectivity index (χ2n) is 3.67. The molecule has 15 heavy (non-hydrogen) atoms. The van der Waals surface area contributed by atoms with Gasteiger partial charge in [-0.25, -0.2) is 8.42 Å². The van der Waals surface area contributed by atoms with E-state index in [9.17, 15) is 13.5 Å². The van der Waals surface area contributed by atoms with Crippen LogP contribution in [0.15, 0.2) is 11.4 Å². The van der Waals surface area contributed by atoms with E-state index in [1.165, 1.54) is 11.3 Å². The summed E-state index contributed by atoms with van der Waals surface area (Å²) < 4.78 is 23.0. The van der Waals surface area contributed by atoms with Gasteiger partial charge in [0.15, 0.2) is 9.84 Å². The van der Waals surface area contributed by atoms with E-state index in [0.717, 1.165) is 10.4 Å². The van der Waals surface area contributed by atoms with Crippen molar-refractivity contribution in [2.45, 2.75) is 24.2 Å². The SMILES string of the molecule is O=S(=O)(CO)C1Cc2sccc2C(O)C1. The molecule has 1 aliphatic carbocycles. The van der Waals surface area contributed by atoms with Gasteiger partial charge in [0.1, 0.15) is 5.94 Å². The Morgan fingerprint density at radius 1 is 1.53 bits per heavy atom. The van der Waals surface area contributed by atoms with Crippen LogP contribution in [0.3, 0.4) is 0 Å². The summed E-state index contributed by atoms with van der Waals surface area (Å²) >= 11 is 1.45. The molecule has 2 atom stereocenters. The summed E-state index contributed by atoms with van der Waals surface area (Å²) in [6.07, 6.45) is -0.120. The molecule has 0 saturated heterocycles. The molecule has 1 aliphatic rings. The van der Waals surface area contributed by atoms with E-state index in [-0.39, 0.29) is 6.42 Å². The van der Waals surface area contributed by atoms with Crippen LogP contribution >= 0.6 is 11.3 Å². The fourth-order valence-electron chi connectivity index (χ4n) is 1.86. The minimum absolute atomic E-state index is 0.187. The molecule has 1 heterocycles. The van der Waals surface area contributed by atoms with Crippen molar-refractivity contribution in [1.29, 1.82) is 0 Å². The molecule has 1 aromatic rings. The van der Waals surface area contributed by atoms with Crippen molar-refractivity contribution in [3.05, 3.63) is 21.9 Å². The van der Waals surface area contributed by atoms with Crippen molar-refractivity contribution in [2.75, 3.05) is 5.94 Å². The van der Waals surface area contributed by atoms with Gasteiger partial charge in [0, 0.05) is 4.88 Å². The largest absolute Gasteiger partial charge is 0.388 e. The lowest BCUT2D eigenvalue weighted by molar-refractivity contribution is 0.158. The second kappa shape index (κ2) is 3.86. The van der Waals surface area contributed by atoms with Crippen LogP contribution in [0, 0.1) is 0 Å². The van der Waals surface area contributed by atoms with Crippen molar-refractivity contribution >= 4 is 21.2 Å². The number of aliphatic hydroxyl groups excluding tert-OH is 2. The topological polar surface area (TPSA) is 74.6 Å². The summed E-state index contributed by atoms with van der Waals surface area (Å²) in [4.78, 5) is 0.913. The van der Waals surface area contributed by atoms with E-state index in [2.05, 4.69) is 0 Å². The van der Waals surface area contributed by atoms with E-state index < -0.39 is 27.1 Å². The van der Waals surface area contributed by atoms with Crippen LogP contribution in [0.4, 0.5) is 0 Å². The fourth-order valence-corrected chi connectivity index (χ4v) is 4.09. The van der Waals surface area contributed by atoms with Gasteiger partial charge in [-0.15, -0.1) is 11.3 Å². The third-order valence-corrected chi connectivity index (χ3v) is 5.42. The van der Waals surface area contributed by atoms with Crippen LogP contribution in [0.5, 0.6) is 0 Å². The molecule has 0 bridgehead atoms. The van der Waals surface area contributed by atoms with Crippen LogP contribution in [-0.4, -0.2) is 29.8 Å². The molecule has 2 N–H and O–H groups in total. The van der Waals surface area contributed by atoms with Crippen molar-refractivity contribution in [2.24, 2.45) is 0 Å². The molecular weight excluding hydrogens is 236 g/mol. The third kappa shape index (κ3) is 1.94. The molecule has 0 aromatic carbocycles. The number of hydrogen-bond donors (Lipinski definition) is 2. The van der Waals surface area contributed by atoms with Crippen LogP contribution in [-0.2, 0) is 16.3 Å². The van der Waals surface area contributed by atoms with Crippen LogP contribution in [0.1, 0.15) is 23.0 Å². The minimum Gasteiger partial charge on any atom is -0.388 e. The maximum atomic E-state index is 11.5. The molecule has 6 heteroatoms. The molecule has 0 saturated carbocycles. The second-order valence-corrected chi connectivity index (χ2v) is 6.92. The molecule has 4 nitrogen and oxygen atoms in total. The Morgan fingerprint density at radius 3 is 2.93 bits per heavy atom. The zero-order valence-corrected chi connectivity index (χ0v) is 9.59. The Balaban J connectivity index is 2.31. The fraction of sp³-hybridized carbons (Fsp3) is 0.556. The molecule has 0 amide bonds. The summed E-state index contributed by atoms with van der Waals surface area (Å²) in [7, 11) is -3.47. The highest BCUT2D eigenvalue weighted by Gasteiger charge is 2.34. The molecule has 2 rings (SSSR count). The molecule has 84 valence electrons. The molecule has 1 aromatic heterocycles. The Kier molecular flexibility index (Phi) is 2.85. The lowest BCUT2D eigenvalue weighted by Gasteiger charge is -2.25. The first-order valence-corrected chi connectivity index (χ1v) is 7.21. The Bertz CT molecular complexity index is 448. The van der Waals surface area contributed by atoms with Gasteiger partial charge < -0.3 is 10.2 Å².